The van der Waals surface area contributed by atoms with Crippen molar-refractivity contribution < 1.29 is 9.90 Å². The molecule has 4 rings (SSSR count). The Morgan fingerprint density at radius 1 is 1.24 bits per heavy atom. The monoisotopic (exact) mass is 339 g/mol. The Labute approximate surface area is 145 Å². The van der Waals surface area contributed by atoms with Crippen molar-refractivity contribution in [3.05, 3.63) is 47.2 Å². The van der Waals surface area contributed by atoms with Crippen LogP contribution in [0.2, 0.25) is 0 Å². The van der Waals surface area contributed by atoms with Crippen LogP contribution >= 0.6 is 0 Å². The van der Waals surface area contributed by atoms with E-state index in [-0.39, 0.29) is 12.0 Å². The van der Waals surface area contributed by atoms with Gasteiger partial charge in [-0.2, -0.15) is 4.98 Å². The first-order chi connectivity index (χ1) is 12.1. The van der Waals surface area contributed by atoms with Gasteiger partial charge in [0.25, 0.3) is 0 Å². The van der Waals surface area contributed by atoms with E-state index in [0.717, 1.165) is 36.3 Å². The number of nitrogens with zero attached hydrogens (tertiary/aromatic N) is 3. The van der Waals surface area contributed by atoms with E-state index >= 15 is 0 Å². The van der Waals surface area contributed by atoms with Gasteiger partial charge in [0.1, 0.15) is 5.82 Å². The highest BCUT2D eigenvalue weighted by Gasteiger charge is 2.33. The van der Waals surface area contributed by atoms with Crippen LogP contribution in [0.4, 0.5) is 16.6 Å². The first-order valence-corrected chi connectivity index (χ1v) is 8.55. The molecule has 7 heteroatoms. The Balaban J connectivity index is 1.55. The van der Waals surface area contributed by atoms with E-state index in [1.165, 1.54) is 5.56 Å². The third-order valence-corrected chi connectivity index (χ3v) is 5.05. The molecule has 7 nitrogen and oxygen atoms in total. The number of nitrogens with one attached hydrogen (secondary N) is 1. The minimum Gasteiger partial charge on any atom is -0.465 e. The number of benzene rings is 1. The lowest BCUT2D eigenvalue weighted by Crippen LogP contribution is -2.59. The molecule has 130 valence electrons. The van der Waals surface area contributed by atoms with Crippen LogP contribution in [0.3, 0.4) is 0 Å². The molecule has 2 aliphatic rings. The van der Waals surface area contributed by atoms with Crippen LogP contribution in [-0.2, 0) is 12.8 Å². The molecule has 1 amide bonds. The van der Waals surface area contributed by atoms with Gasteiger partial charge >= 0.3 is 6.09 Å². The fraction of sp³-hybridized carbons (Fsp3) is 0.389. The minimum absolute atomic E-state index is 0.0509. The summed E-state index contributed by atoms with van der Waals surface area (Å²) in [5, 5.41) is 11.3. The number of amides is 1. The topological polar surface area (TPSA) is 104 Å². The zero-order chi connectivity index (χ0) is 17.4. The molecular weight excluding hydrogens is 318 g/mol. The number of nitrogen functional groups attached to an aromatic ring is 1. The molecule has 1 fully saturated rings. The van der Waals surface area contributed by atoms with Crippen LogP contribution in [0.25, 0.3) is 0 Å². The molecule has 1 aromatic heterocycles. The highest BCUT2D eigenvalue weighted by Crippen LogP contribution is 2.36. The number of anilines is 2. The molecule has 2 heterocycles. The number of aromatic nitrogens is 2. The maximum atomic E-state index is 10.7. The summed E-state index contributed by atoms with van der Waals surface area (Å²) in [4.78, 5) is 21.7. The van der Waals surface area contributed by atoms with Crippen LogP contribution in [0, 0.1) is 0 Å². The molecule has 1 unspecified atom stereocenters. The van der Waals surface area contributed by atoms with Gasteiger partial charge in [-0.15, -0.1) is 0 Å². The summed E-state index contributed by atoms with van der Waals surface area (Å²) < 4.78 is 0. The Hall–Kier alpha value is -2.83. The van der Waals surface area contributed by atoms with Gasteiger partial charge < -0.3 is 21.1 Å². The lowest BCUT2D eigenvalue weighted by atomic mass is 9.82. The van der Waals surface area contributed by atoms with Gasteiger partial charge in [0.2, 0.25) is 5.95 Å². The third-order valence-electron chi connectivity index (χ3n) is 5.05. The highest BCUT2D eigenvalue weighted by atomic mass is 16.4. The van der Waals surface area contributed by atoms with Gasteiger partial charge in [-0.05, 0) is 30.7 Å². The molecule has 25 heavy (non-hydrogen) atoms. The second-order valence-electron chi connectivity index (χ2n) is 6.73. The van der Waals surface area contributed by atoms with Gasteiger partial charge in [0, 0.05) is 18.7 Å². The molecule has 1 saturated heterocycles. The van der Waals surface area contributed by atoms with Gasteiger partial charge in [0.05, 0.1) is 11.7 Å². The zero-order valence-corrected chi connectivity index (χ0v) is 13.9. The number of fused-ring (bicyclic) bond motifs is 1. The Bertz CT molecular complexity index is 790. The van der Waals surface area contributed by atoms with E-state index < -0.39 is 6.09 Å². The summed E-state index contributed by atoms with van der Waals surface area (Å²) in [6.07, 6.45) is 1.85. The number of hydrogen-bond acceptors (Lipinski definition) is 5. The van der Waals surface area contributed by atoms with Crippen molar-refractivity contribution in [1.29, 1.82) is 0 Å². The molecule has 0 radical (unpaired) electrons. The van der Waals surface area contributed by atoms with E-state index in [2.05, 4.69) is 44.5 Å². The lowest BCUT2D eigenvalue weighted by molar-refractivity contribution is 0.187. The molecule has 2 aromatic rings. The van der Waals surface area contributed by atoms with E-state index in [1.807, 2.05) is 6.07 Å². The van der Waals surface area contributed by atoms with Crippen molar-refractivity contribution in [2.75, 3.05) is 23.7 Å². The largest absolute Gasteiger partial charge is 0.465 e. The van der Waals surface area contributed by atoms with Crippen molar-refractivity contribution in [3.63, 3.8) is 0 Å². The predicted octanol–water partition coefficient (Wildman–Crippen LogP) is 1.79. The van der Waals surface area contributed by atoms with Gasteiger partial charge in [-0.3, -0.25) is 0 Å². The normalized spacial score (nSPS) is 19.8. The molecule has 1 aliphatic carbocycles. The number of nitrogens with two attached hydrogens (primary N) is 1. The van der Waals surface area contributed by atoms with Crippen molar-refractivity contribution >= 4 is 17.9 Å². The van der Waals surface area contributed by atoms with Crippen LogP contribution in [0.5, 0.6) is 0 Å². The van der Waals surface area contributed by atoms with E-state index in [0.29, 0.717) is 19.0 Å². The first kappa shape index (κ1) is 15.7. The fourth-order valence-electron chi connectivity index (χ4n) is 3.80. The number of carboxylic acid groups (broad SMARTS) is 1. The van der Waals surface area contributed by atoms with Crippen molar-refractivity contribution in [2.24, 2.45) is 0 Å². The average molecular weight is 339 g/mol. The average Bonchev–Trinajstić information content (AvgIpc) is 2.57. The minimum atomic E-state index is -0.986. The molecule has 4 N–H and O–H groups in total. The lowest BCUT2D eigenvalue weighted by Gasteiger charge is -2.41. The summed E-state index contributed by atoms with van der Waals surface area (Å²) in [5.74, 6) is 1.61. The predicted molar refractivity (Wildman–Crippen MR) is 94.8 cm³/mol. The van der Waals surface area contributed by atoms with E-state index in [9.17, 15) is 4.79 Å². The standard InChI is InChI=1S/C18H21N5O2/c19-17-21-15-8-12(11-4-2-1-3-5-11)6-7-14(15)16(22-17)23-9-13(10-23)20-18(24)25/h1-5,12-13,20H,6-10H2,(H,24,25)(H2,19,21,22). The number of carbonyl (C=O) groups is 1. The van der Waals surface area contributed by atoms with Crippen LogP contribution in [0.15, 0.2) is 30.3 Å². The quantitative estimate of drug-likeness (QED) is 0.787. The second kappa shape index (κ2) is 6.23. The van der Waals surface area contributed by atoms with Crippen LogP contribution in [0.1, 0.15) is 29.2 Å². The summed E-state index contributed by atoms with van der Waals surface area (Å²) >= 11 is 0. The molecule has 1 aliphatic heterocycles. The van der Waals surface area contributed by atoms with Gasteiger partial charge in [-0.1, -0.05) is 30.3 Å². The van der Waals surface area contributed by atoms with Crippen LogP contribution < -0.4 is 16.0 Å². The Kier molecular flexibility index (Phi) is 3.91. The second-order valence-corrected chi connectivity index (χ2v) is 6.73. The SMILES string of the molecule is Nc1nc2c(c(N3CC(NC(=O)O)C3)n1)CCC(c1ccccc1)C2. The van der Waals surface area contributed by atoms with Crippen LogP contribution in [-0.4, -0.2) is 40.3 Å². The molecular formula is C18H21N5O2. The van der Waals surface area contributed by atoms with E-state index in [4.69, 9.17) is 10.8 Å². The zero-order valence-electron chi connectivity index (χ0n) is 13.9. The highest BCUT2D eigenvalue weighted by molar-refractivity contribution is 5.66. The maximum Gasteiger partial charge on any atom is 0.405 e. The Morgan fingerprint density at radius 2 is 2.00 bits per heavy atom. The Morgan fingerprint density at radius 3 is 2.72 bits per heavy atom. The summed E-state index contributed by atoms with van der Waals surface area (Å²) in [6.45, 7) is 1.24. The third kappa shape index (κ3) is 3.09. The summed E-state index contributed by atoms with van der Waals surface area (Å²) in [6, 6.07) is 10.5. The molecule has 0 bridgehead atoms. The van der Waals surface area contributed by atoms with Crippen molar-refractivity contribution in [1.82, 2.24) is 15.3 Å². The number of rotatable bonds is 3. The molecule has 0 saturated carbocycles. The van der Waals surface area contributed by atoms with Crippen molar-refractivity contribution in [3.8, 4) is 0 Å². The summed E-state index contributed by atoms with van der Waals surface area (Å²) in [5.41, 5.74) is 9.46. The maximum absolute atomic E-state index is 10.7. The molecule has 0 spiro atoms. The number of hydrogen-bond donors (Lipinski definition) is 3. The molecule has 1 aromatic carbocycles. The first-order valence-electron chi connectivity index (χ1n) is 8.55. The fourth-order valence-corrected chi connectivity index (χ4v) is 3.80. The smallest absolute Gasteiger partial charge is 0.405 e. The van der Waals surface area contributed by atoms with Gasteiger partial charge in [0.15, 0.2) is 0 Å². The van der Waals surface area contributed by atoms with Crippen molar-refractivity contribution in [2.45, 2.75) is 31.2 Å². The van der Waals surface area contributed by atoms with E-state index in [1.54, 1.807) is 0 Å². The molecule has 1 atom stereocenters. The summed E-state index contributed by atoms with van der Waals surface area (Å²) in [7, 11) is 0. The van der Waals surface area contributed by atoms with Gasteiger partial charge in [-0.25, -0.2) is 9.78 Å².